The molecule has 0 aliphatic carbocycles. The molecule has 0 heterocycles. The molecule has 0 atom stereocenters. The second-order valence-corrected chi connectivity index (χ2v) is 5.25. The van der Waals surface area contributed by atoms with Crippen LogP contribution in [0.3, 0.4) is 0 Å². The average Bonchev–Trinajstić information content (AvgIpc) is 2.37. The average molecular weight is 291 g/mol. The van der Waals surface area contributed by atoms with Gasteiger partial charge in [-0.1, -0.05) is 49.9 Å². The second kappa shape index (κ2) is 7.10. The fraction of sp³-hybridized carbons (Fsp3) is 0.571. The van der Waals surface area contributed by atoms with Crippen molar-refractivity contribution in [2.45, 2.75) is 52.4 Å². The zero-order valence-electron chi connectivity index (χ0n) is 10.9. The molecule has 4 heteroatoms. The summed E-state index contributed by atoms with van der Waals surface area (Å²) >= 11 is 12.4. The summed E-state index contributed by atoms with van der Waals surface area (Å²) in [6, 6.07) is 0. The Balaban J connectivity index is 3.18. The van der Waals surface area contributed by atoms with Crippen molar-refractivity contribution in [2.75, 3.05) is 0 Å². The summed E-state index contributed by atoms with van der Waals surface area (Å²) in [6.45, 7) is 4.12. The van der Waals surface area contributed by atoms with E-state index in [1.165, 1.54) is 0 Å². The summed E-state index contributed by atoms with van der Waals surface area (Å²) < 4.78 is 0. The zero-order valence-corrected chi connectivity index (χ0v) is 12.4. The molecule has 0 saturated heterocycles. The van der Waals surface area contributed by atoms with E-state index in [1.54, 1.807) is 0 Å². The van der Waals surface area contributed by atoms with Gasteiger partial charge in [-0.15, -0.1) is 0 Å². The van der Waals surface area contributed by atoms with Crippen molar-refractivity contribution in [3.05, 3.63) is 21.2 Å². The van der Waals surface area contributed by atoms with Crippen LogP contribution in [-0.4, -0.2) is 10.2 Å². The van der Waals surface area contributed by atoms with Crippen LogP contribution in [0.25, 0.3) is 0 Å². The van der Waals surface area contributed by atoms with E-state index in [0.29, 0.717) is 34.0 Å². The van der Waals surface area contributed by atoms with Crippen molar-refractivity contribution in [2.24, 2.45) is 0 Å². The monoisotopic (exact) mass is 290 g/mol. The lowest BCUT2D eigenvalue weighted by molar-refractivity contribution is 0.394. The molecule has 1 aromatic carbocycles. The van der Waals surface area contributed by atoms with Crippen LogP contribution in [-0.2, 0) is 12.8 Å². The quantitative estimate of drug-likeness (QED) is 0.717. The minimum absolute atomic E-state index is 0.107. The maximum absolute atomic E-state index is 10.0. The Morgan fingerprint density at radius 1 is 0.778 bits per heavy atom. The van der Waals surface area contributed by atoms with Crippen molar-refractivity contribution < 1.29 is 10.2 Å². The van der Waals surface area contributed by atoms with Crippen LogP contribution < -0.4 is 0 Å². The molecule has 1 rings (SSSR count). The van der Waals surface area contributed by atoms with Crippen LogP contribution in [0, 0.1) is 0 Å². The number of hydrogen-bond donors (Lipinski definition) is 2. The second-order valence-electron chi connectivity index (χ2n) is 4.49. The maximum atomic E-state index is 10.0. The Kier molecular flexibility index (Phi) is 6.10. The van der Waals surface area contributed by atoms with Gasteiger partial charge in [0.25, 0.3) is 0 Å². The van der Waals surface area contributed by atoms with E-state index in [4.69, 9.17) is 23.2 Å². The molecule has 0 amide bonds. The normalized spacial score (nSPS) is 10.9. The first-order valence-electron chi connectivity index (χ1n) is 6.45. The summed E-state index contributed by atoms with van der Waals surface area (Å²) in [5, 5.41) is 20.8. The molecule has 0 fully saturated rings. The number of rotatable bonds is 6. The Bertz CT molecular complexity index is 349. The van der Waals surface area contributed by atoms with E-state index in [2.05, 4.69) is 13.8 Å². The lowest BCUT2D eigenvalue weighted by Gasteiger charge is -2.15. The van der Waals surface area contributed by atoms with Crippen LogP contribution in [0.2, 0.25) is 10.0 Å². The number of halogens is 2. The van der Waals surface area contributed by atoms with Crippen LogP contribution in [0.4, 0.5) is 0 Å². The molecule has 2 nitrogen and oxygen atoms in total. The van der Waals surface area contributed by atoms with Gasteiger partial charge in [0.1, 0.15) is 0 Å². The summed E-state index contributed by atoms with van der Waals surface area (Å²) in [5.41, 5.74) is 1.11. The smallest absolute Gasteiger partial charge is 0.162 e. The third-order valence-electron chi connectivity index (χ3n) is 3.08. The van der Waals surface area contributed by atoms with Gasteiger partial charge in [0.05, 0.1) is 10.0 Å². The minimum Gasteiger partial charge on any atom is -0.504 e. The summed E-state index contributed by atoms with van der Waals surface area (Å²) in [7, 11) is 0. The van der Waals surface area contributed by atoms with Gasteiger partial charge in [0.15, 0.2) is 11.5 Å². The number of phenolic OH excluding ortho intramolecular Hbond substituents is 2. The molecule has 0 aromatic heterocycles. The molecule has 0 spiro atoms. The molecule has 2 N–H and O–H groups in total. The third-order valence-corrected chi connectivity index (χ3v) is 4.01. The largest absolute Gasteiger partial charge is 0.504 e. The Hall–Kier alpha value is -0.600. The van der Waals surface area contributed by atoms with Crippen LogP contribution in [0.1, 0.15) is 50.7 Å². The molecule has 0 unspecified atom stereocenters. The van der Waals surface area contributed by atoms with E-state index < -0.39 is 0 Å². The van der Waals surface area contributed by atoms with Crippen LogP contribution in [0.15, 0.2) is 0 Å². The fourth-order valence-electron chi connectivity index (χ4n) is 1.92. The van der Waals surface area contributed by atoms with Gasteiger partial charge < -0.3 is 10.2 Å². The van der Waals surface area contributed by atoms with Gasteiger partial charge in [0.2, 0.25) is 0 Å². The van der Waals surface area contributed by atoms with Crippen LogP contribution >= 0.6 is 23.2 Å². The van der Waals surface area contributed by atoms with Gasteiger partial charge >= 0.3 is 0 Å². The summed E-state index contributed by atoms with van der Waals surface area (Å²) in [6.07, 6.45) is 5.04. The Labute approximate surface area is 119 Å². The number of aromatic hydroxyl groups is 2. The first kappa shape index (κ1) is 15.5. The molecule has 18 heavy (non-hydrogen) atoms. The van der Waals surface area contributed by atoms with Gasteiger partial charge in [-0.3, -0.25) is 0 Å². The topological polar surface area (TPSA) is 40.5 Å². The number of hydrogen-bond acceptors (Lipinski definition) is 2. The Morgan fingerprint density at radius 2 is 1.11 bits per heavy atom. The lowest BCUT2D eigenvalue weighted by Crippen LogP contribution is -1.95. The van der Waals surface area contributed by atoms with Crippen molar-refractivity contribution in [3.8, 4) is 11.5 Å². The SMILES string of the molecule is CCCCc1c(O)c(O)c(CCCC)c(Cl)c1Cl. The highest BCUT2D eigenvalue weighted by atomic mass is 35.5. The number of unbranched alkanes of at least 4 members (excludes halogenated alkanes) is 2. The third kappa shape index (κ3) is 3.24. The van der Waals surface area contributed by atoms with E-state index in [-0.39, 0.29) is 11.5 Å². The zero-order chi connectivity index (χ0) is 13.7. The molecule has 0 aliphatic heterocycles. The Morgan fingerprint density at radius 3 is 1.39 bits per heavy atom. The predicted molar refractivity (Wildman–Crippen MR) is 77.0 cm³/mol. The number of phenols is 2. The first-order valence-corrected chi connectivity index (χ1v) is 7.20. The molecule has 0 saturated carbocycles. The summed E-state index contributed by atoms with van der Waals surface area (Å²) in [4.78, 5) is 0. The molecular weight excluding hydrogens is 271 g/mol. The maximum Gasteiger partial charge on any atom is 0.162 e. The highest BCUT2D eigenvalue weighted by molar-refractivity contribution is 6.43. The number of benzene rings is 1. The van der Waals surface area contributed by atoms with Crippen molar-refractivity contribution in [1.29, 1.82) is 0 Å². The predicted octanol–water partition coefficient (Wildman–Crippen LogP) is 5.09. The molecule has 0 radical (unpaired) electrons. The van der Waals surface area contributed by atoms with E-state index in [9.17, 15) is 10.2 Å². The van der Waals surface area contributed by atoms with Gasteiger partial charge in [-0.25, -0.2) is 0 Å². The summed E-state index contributed by atoms with van der Waals surface area (Å²) in [5.74, 6) is -0.215. The molecule has 0 bridgehead atoms. The molecule has 1 aromatic rings. The fourth-order valence-corrected chi connectivity index (χ4v) is 2.52. The van der Waals surface area contributed by atoms with Gasteiger partial charge in [-0.2, -0.15) is 0 Å². The van der Waals surface area contributed by atoms with E-state index in [1.807, 2.05) is 0 Å². The van der Waals surface area contributed by atoms with E-state index in [0.717, 1.165) is 25.7 Å². The lowest BCUT2D eigenvalue weighted by atomic mass is 10.0. The standard InChI is InChI=1S/C14H20Cl2O2/c1-3-5-7-9-11(15)12(16)10(8-6-4-2)14(18)13(9)17/h17-18H,3-8H2,1-2H3. The highest BCUT2D eigenvalue weighted by Gasteiger charge is 2.20. The van der Waals surface area contributed by atoms with Crippen molar-refractivity contribution in [3.63, 3.8) is 0 Å². The minimum atomic E-state index is -0.107. The molecule has 0 aliphatic rings. The molecular formula is C14H20Cl2O2. The van der Waals surface area contributed by atoms with Crippen molar-refractivity contribution >= 4 is 23.2 Å². The van der Waals surface area contributed by atoms with Crippen LogP contribution in [0.5, 0.6) is 11.5 Å². The van der Waals surface area contributed by atoms with Crippen molar-refractivity contribution in [1.82, 2.24) is 0 Å². The van der Waals surface area contributed by atoms with Gasteiger partial charge in [-0.05, 0) is 25.7 Å². The highest BCUT2D eigenvalue weighted by Crippen LogP contribution is 2.44. The molecule has 102 valence electrons. The first-order chi connectivity index (χ1) is 8.54. The van der Waals surface area contributed by atoms with E-state index >= 15 is 0 Å². The van der Waals surface area contributed by atoms with Gasteiger partial charge in [0, 0.05) is 11.1 Å².